The van der Waals surface area contributed by atoms with Crippen LogP contribution in [0.25, 0.3) is 22.4 Å². The van der Waals surface area contributed by atoms with E-state index in [1.807, 2.05) is 30.3 Å². The predicted octanol–water partition coefficient (Wildman–Crippen LogP) is 1.81. The van der Waals surface area contributed by atoms with Crippen LogP contribution in [0, 0.1) is 0 Å². The number of carbonyl (C=O) groups excluding carboxylic acids is 1. The van der Waals surface area contributed by atoms with Crippen molar-refractivity contribution in [3.8, 4) is 22.9 Å². The van der Waals surface area contributed by atoms with E-state index in [0.29, 0.717) is 23.0 Å². The molecule has 2 heterocycles. The van der Waals surface area contributed by atoms with E-state index in [9.17, 15) is 14.4 Å². The molecule has 0 atom stereocenters. The molecule has 0 saturated carbocycles. The first kappa shape index (κ1) is 21.8. The summed E-state index contributed by atoms with van der Waals surface area (Å²) in [5.41, 5.74) is 0.00703. The number of benzene rings is 2. The molecule has 0 aliphatic rings. The molecule has 10 nitrogen and oxygen atoms in total. The number of carbonyl (C=O) groups is 1. The van der Waals surface area contributed by atoms with Gasteiger partial charge >= 0.3 is 5.69 Å². The molecule has 4 aromatic rings. The number of hydrogen-bond acceptors (Lipinski definition) is 7. The number of aromatic nitrogens is 4. The quantitative estimate of drug-likeness (QED) is 0.479. The van der Waals surface area contributed by atoms with Crippen molar-refractivity contribution in [3.63, 3.8) is 0 Å². The first-order valence-corrected chi connectivity index (χ1v) is 9.96. The molecule has 10 heteroatoms. The number of hydrogen-bond donors (Lipinski definition) is 1. The third-order valence-corrected chi connectivity index (χ3v) is 5.10. The lowest BCUT2D eigenvalue weighted by Gasteiger charge is -2.13. The number of fused-ring (bicyclic) bond motifs is 1. The van der Waals surface area contributed by atoms with Gasteiger partial charge in [0.05, 0.1) is 19.9 Å². The molecule has 33 heavy (non-hydrogen) atoms. The molecule has 0 aliphatic heterocycles. The highest BCUT2D eigenvalue weighted by molar-refractivity contribution is 5.92. The summed E-state index contributed by atoms with van der Waals surface area (Å²) in [7, 11) is 4.46. The monoisotopic (exact) mass is 447 g/mol. The zero-order chi connectivity index (χ0) is 23.5. The molecule has 2 aromatic heterocycles. The Hall–Kier alpha value is -4.47. The van der Waals surface area contributed by atoms with Crippen molar-refractivity contribution in [3.05, 3.63) is 75.6 Å². The van der Waals surface area contributed by atoms with Gasteiger partial charge in [-0.1, -0.05) is 30.3 Å². The summed E-state index contributed by atoms with van der Waals surface area (Å²) in [4.78, 5) is 47.2. The number of nitrogens with zero attached hydrogens (tertiary/aromatic N) is 4. The van der Waals surface area contributed by atoms with Gasteiger partial charge in [0.15, 0.2) is 11.5 Å². The molecular formula is C23H21N5O5. The molecule has 1 N–H and O–H groups in total. The second kappa shape index (κ2) is 8.95. The molecule has 168 valence electrons. The number of ether oxygens (including phenoxy) is 2. The summed E-state index contributed by atoms with van der Waals surface area (Å²) in [5, 5.41) is 2.79. The minimum Gasteiger partial charge on any atom is -0.497 e. The van der Waals surface area contributed by atoms with E-state index in [1.54, 1.807) is 18.2 Å². The van der Waals surface area contributed by atoms with Crippen LogP contribution in [-0.4, -0.2) is 39.2 Å². The van der Waals surface area contributed by atoms with Gasteiger partial charge in [0.1, 0.15) is 23.4 Å². The van der Waals surface area contributed by atoms with Crippen molar-refractivity contribution in [2.24, 2.45) is 7.05 Å². The Bertz CT molecular complexity index is 1460. The van der Waals surface area contributed by atoms with Crippen LogP contribution < -0.4 is 26.0 Å². The van der Waals surface area contributed by atoms with Gasteiger partial charge in [0.2, 0.25) is 5.91 Å². The summed E-state index contributed by atoms with van der Waals surface area (Å²) in [6.45, 7) is -0.489. The van der Waals surface area contributed by atoms with Gasteiger partial charge in [-0.15, -0.1) is 0 Å². The highest BCUT2D eigenvalue weighted by atomic mass is 16.5. The summed E-state index contributed by atoms with van der Waals surface area (Å²) < 4.78 is 12.5. The van der Waals surface area contributed by atoms with Gasteiger partial charge in [-0.25, -0.2) is 14.8 Å². The fraction of sp³-hybridized carbons (Fsp3) is 0.174. The lowest BCUT2D eigenvalue weighted by Crippen LogP contribution is -2.42. The van der Waals surface area contributed by atoms with Crippen molar-refractivity contribution in [2.45, 2.75) is 6.54 Å². The Morgan fingerprint density at radius 3 is 2.52 bits per heavy atom. The molecule has 4 rings (SSSR count). The standard InChI is InChI=1S/C23H21N5O5/c1-27-21-16(12-24-20(26-21)14-7-5-4-6-8-14)22(30)28(23(27)31)13-19(29)25-17-10-9-15(32-2)11-18(17)33-3/h4-12H,13H2,1-3H3,(H,25,29). The third-order valence-electron chi connectivity index (χ3n) is 5.10. The number of amides is 1. The van der Waals surface area contributed by atoms with E-state index in [1.165, 1.54) is 32.0 Å². The SMILES string of the molecule is COc1ccc(NC(=O)Cn2c(=O)c3cnc(-c4ccccc4)nc3n(C)c2=O)c(OC)c1. The van der Waals surface area contributed by atoms with E-state index in [0.717, 1.165) is 10.1 Å². The summed E-state index contributed by atoms with van der Waals surface area (Å²) >= 11 is 0. The van der Waals surface area contributed by atoms with Crippen LogP contribution in [0.4, 0.5) is 5.69 Å². The van der Waals surface area contributed by atoms with Crippen molar-refractivity contribution in [1.82, 2.24) is 19.1 Å². The Kier molecular flexibility index (Phi) is 5.90. The number of methoxy groups -OCH3 is 2. The third kappa shape index (κ3) is 4.18. The van der Waals surface area contributed by atoms with Crippen LogP contribution in [0.2, 0.25) is 0 Å². The normalized spacial score (nSPS) is 10.8. The average Bonchev–Trinajstić information content (AvgIpc) is 2.85. The Labute approximate surface area is 188 Å². The molecule has 0 bridgehead atoms. The largest absolute Gasteiger partial charge is 0.497 e. The van der Waals surface area contributed by atoms with Crippen LogP contribution in [0.1, 0.15) is 0 Å². The molecular weight excluding hydrogens is 426 g/mol. The van der Waals surface area contributed by atoms with Gasteiger partial charge in [-0.2, -0.15) is 0 Å². The topological polar surface area (TPSA) is 117 Å². The van der Waals surface area contributed by atoms with Gasteiger partial charge in [-0.3, -0.25) is 18.7 Å². The Balaban J connectivity index is 1.68. The van der Waals surface area contributed by atoms with Gasteiger partial charge in [-0.05, 0) is 12.1 Å². The lowest BCUT2D eigenvalue weighted by molar-refractivity contribution is -0.116. The maximum absolute atomic E-state index is 13.0. The van der Waals surface area contributed by atoms with Crippen molar-refractivity contribution in [2.75, 3.05) is 19.5 Å². The molecule has 2 aromatic carbocycles. The highest BCUT2D eigenvalue weighted by Crippen LogP contribution is 2.29. The second-order valence-electron chi connectivity index (χ2n) is 7.14. The number of nitrogens with one attached hydrogen (secondary N) is 1. The summed E-state index contributed by atoms with van der Waals surface area (Å²) in [5.74, 6) is 0.751. The molecule has 0 spiro atoms. The smallest absolute Gasteiger partial charge is 0.332 e. The summed E-state index contributed by atoms with van der Waals surface area (Å²) in [6, 6.07) is 14.1. The van der Waals surface area contributed by atoms with Crippen LogP contribution in [-0.2, 0) is 18.4 Å². The van der Waals surface area contributed by atoms with Crippen molar-refractivity contribution >= 4 is 22.6 Å². The van der Waals surface area contributed by atoms with E-state index in [2.05, 4.69) is 15.3 Å². The van der Waals surface area contributed by atoms with E-state index < -0.39 is 23.7 Å². The van der Waals surface area contributed by atoms with Crippen molar-refractivity contribution in [1.29, 1.82) is 0 Å². The molecule has 0 fully saturated rings. The van der Waals surface area contributed by atoms with Crippen LogP contribution in [0.5, 0.6) is 11.5 Å². The molecule has 0 radical (unpaired) electrons. The number of anilines is 1. The second-order valence-corrected chi connectivity index (χ2v) is 7.14. The minimum atomic E-state index is -0.665. The fourth-order valence-electron chi connectivity index (χ4n) is 3.38. The van der Waals surface area contributed by atoms with Crippen molar-refractivity contribution < 1.29 is 14.3 Å². The maximum Gasteiger partial charge on any atom is 0.332 e. The first-order chi connectivity index (χ1) is 15.9. The molecule has 0 aliphatic carbocycles. The lowest BCUT2D eigenvalue weighted by atomic mass is 10.2. The van der Waals surface area contributed by atoms with E-state index in [4.69, 9.17) is 9.47 Å². The fourth-order valence-corrected chi connectivity index (χ4v) is 3.38. The van der Waals surface area contributed by atoms with Gasteiger partial charge in [0, 0.05) is 24.9 Å². The summed E-state index contributed by atoms with van der Waals surface area (Å²) in [6.07, 6.45) is 1.37. The predicted molar refractivity (Wildman–Crippen MR) is 123 cm³/mol. The van der Waals surface area contributed by atoms with Crippen LogP contribution in [0.15, 0.2) is 64.3 Å². The number of rotatable bonds is 6. The van der Waals surface area contributed by atoms with Gasteiger partial charge in [0.25, 0.3) is 5.56 Å². The molecule has 0 saturated heterocycles. The van der Waals surface area contributed by atoms with Gasteiger partial charge < -0.3 is 14.8 Å². The zero-order valence-corrected chi connectivity index (χ0v) is 18.2. The first-order valence-electron chi connectivity index (χ1n) is 9.96. The average molecular weight is 447 g/mol. The zero-order valence-electron chi connectivity index (χ0n) is 18.2. The minimum absolute atomic E-state index is 0.131. The van der Waals surface area contributed by atoms with Crippen LogP contribution >= 0.6 is 0 Å². The highest BCUT2D eigenvalue weighted by Gasteiger charge is 2.17. The Morgan fingerprint density at radius 1 is 1.06 bits per heavy atom. The van der Waals surface area contributed by atoms with Crippen LogP contribution in [0.3, 0.4) is 0 Å². The molecule has 1 amide bonds. The molecule has 0 unspecified atom stereocenters. The van der Waals surface area contributed by atoms with E-state index in [-0.39, 0.29) is 11.0 Å². The maximum atomic E-state index is 13.0. The number of aryl methyl sites for hydroxylation is 1. The Morgan fingerprint density at radius 2 is 1.82 bits per heavy atom. The van der Waals surface area contributed by atoms with E-state index >= 15 is 0 Å².